The highest BCUT2D eigenvalue weighted by Crippen LogP contribution is 2.08. The van der Waals surface area contributed by atoms with Gasteiger partial charge in [0.1, 0.15) is 6.61 Å². The molecule has 0 bridgehead atoms. The van der Waals surface area contributed by atoms with Crippen molar-refractivity contribution in [2.24, 2.45) is 0 Å². The van der Waals surface area contributed by atoms with Gasteiger partial charge in [0, 0.05) is 13.3 Å². The summed E-state index contributed by atoms with van der Waals surface area (Å²) in [4.78, 5) is 33.1. The summed E-state index contributed by atoms with van der Waals surface area (Å²) < 4.78 is 29.8. The van der Waals surface area contributed by atoms with Gasteiger partial charge in [0.2, 0.25) is 0 Å². The van der Waals surface area contributed by atoms with Crippen LogP contribution in [0.5, 0.6) is 0 Å². The van der Waals surface area contributed by atoms with E-state index in [4.69, 9.17) is 7.48 Å². The van der Waals surface area contributed by atoms with Crippen molar-refractivity contribution < 1.29 is 31.3 Å². The summed E-state index contributed by atoms with van der Waals surface area (Å²) in [6, 6.07) is 8.94. The van der Waals surface area contributed by atoms with Gasteiger partial charge >= 0.3 is 11.9 Å². The van der Waals surface area contributed by atoms with E-state index in [1.807, 2.05) is 6.07 Å². The first-order valence-corrected chi connectivity index (χ1v) is 6.29. The molecule has 0 saturated heterocycles. The standard InChI is InChI=1S/C15H18O6/c1-12(17)19-9-7-14(15(18)20-10-8-16)21-11-13-5-3-2-4-6-13/h2-6,8,14H,7,9-11H2,1H3/i9D2. The van der Waals surface area contributed by atoms with E-state index in [0.717, 1.165) is 12.5 Å². The number of carbonyl (C=O) groups excluding carboxylic acids is 3. The van der Waals surface area contributed by atoms with Gasteiger partial charge in [0.15, 0.2) is 12.4 Å². The number of esters is 2. The van der Waals surface area contributed by atoms with Crippen LogP contribution in [0.1, 0.15) is 21.6 Å². The topological polar surface area (TPSA) is 78.9 Å². The van der Waals surface area contributed by atoms with Crippen molar-refractivity contribution >= 4 is 18.2 Å². The summed E-state index contributed by atoms with van der Waals surface area (Å²) in [5.74, 6) is -1.72. The summed E-state index contributed by atoms with van der Waals surface area (Å²) in [7, 11) is 0. The maximum Gasteiger partial charge on any atom is 0.335 e. The van der Waals surface area contributed by atoms with Gasteiger partial charge < -0.3 is 14.2 Å². The van der Waals surface area contributed by atoms with Gasteiger partial charge in [-0.2, -0.15) is 0 Å². The Bertz CT molecular complexity index is 532. The van der Waals surface area contributed by atoms with Gasteiger partial charge in [-0.3, -0.25) is 9.59 Å². The highest BCUT2D eigenvalue weighted by atomic mass is 16.6. The van der Waals surface area contributed by atoms with Crippen LogP contribution in [0.2, 0.25) is 0 Å². The van der Waals surface area contributed by atoms with E-state index in [1.54, 1.807) is 24.3 Å². The molecule has 1 atom stereocenters. The zero-order valence-electron chi connectivity index (χ0n) is 13.6. The second-order valence-electron chi connectivity index (χ2n) is 4.02. The van der Waals surface area contributed by atoms with Crippen LogP contribution in [0.3, 0.4) is 0 Å². The monoisotopic (exact) mass is 296 g/mol. The van der Waals surface area contributed by atoms with Crippen molar-refractivity contribution in [2.45, 2.75) is 26.1 Å². The molecule has 0 aliphatic heterocycles. The zero-order chi connectivity index (χ0) is 17.3. The number of aldehydes is 1. The maximum absolute atomic E-state index is 11.9. The highest BCUT2D eigenvalue weighted by Gasteiger charge is 2.21. The number of hydrogen-bond donors (Lipinski definition) is 0. The molecule has 0 spiro atoms. The van der Waals surface area contributed by atoms with Gasteiger partial charge in [-0.25, -0.2) is 4.79 Å². The van der Waals surface area contributed by atoms with Crippen LogP contribution in [0.15, 0.2) is 30.3 Å². The van der Waals surface area contributed by atoms with Crippen molar-refractivity contribution in [1.82, 2.24) is 0 Å². The Morgan fingerprint density at radius 1 is 1.29 bits per heavy atom. The summed E-state index contributed by atoms with van der Waals surface area (Å²) in [5, 5.41) is 0. The molecule has 0 amide bonds. The van der Waals surface area contributed by atoms with E-state index in [2.05, 4.69) is 9.47 Å². The molecule has 0 heterocycles. The maximum atomic E-state index is 11.9. The Balaban J connectivity index is 2.73. The van der Waals surface area contributed by atoms with E-state index in [9.17, 15) is 14.4 Å². The molecule has 0 saturated carbocycles. The lowest BCUT2D eigenvalue weighted by molar-refractivity contribution is -0.161. The zero-order valence-corrected chi connectivity index (χ0v) is 11.6. The molecule has 1 aromatic rings. The first-order valence-electron chi connectivity index (χ1n) is 7.29. The first-order chi connectivity index (χ1) is 10.8. The summed E-state index contributed by atoms with van der Waals surface area (Å²) >= 11 is 0. The van der Waals surface area contributed by atoms with E-state index in [0.29, 0.717) is 6.29 Å². The van der Waals surface area contributed by atoms with E-state index >= 15 is 0 Å². The van der Waals surface area contributed by atoms with E-state index in [-0.39, 0.29) is 6.61 Å². The van der Waals surface area contributed by atoms with Crippen LogP contribution in [-0.4, -0.2) is 37.5 Å². The largest absolute Gasteiger partial charge is 0.466 e. The molecule has 114 valence electrons. The van der Waals surface area contributed by atoms with Crippen molar-refractivity contribution in [3.63, 3.8) is 0 Å². The minimum atomic E-state index is -2.40. The molecule has 1 aromatic carbocycles. The quantitative estimate of drug-likeness (QED) is 0.504. The second kappa shape index (κ2) is 9.66. The van der Waals surface area contributed by atoms with Crippen molar-refractivity contribution in [3.8, 4) is 0 Å². The van der Waals surface area contributed by atoms with Gasteiger partial charge in [-0.15, -0.1) is 0 Å². The minimum Gasteiger partial charge on any atom is -0.466 e. The Labute approximate surface area is 125 Å². The Morgan fingerprint density at radius 3 is 2.62 bits per heavy atom. The van der Waals surface area contributed by atoms with E-state index in [1.165, 1.54) is 0 Å². The third kappa shape index (κ3) is 7.22. The first kappa shape index (κ1) is 13.8. The fourth-order valence-electron chi connectivity index (χ4n) is 1.41. The Morgan fingerprint density at radius 2 is 2.00 bits per heavy atom. The van der Waals surface area contributed by atoms with Crippen LogP contribution in [0, 0.1) is 0 Å². The van der Waals surface area contributed by atoms with Crippen LogP contribution in [-0.2, 0) is 35.2 Å². The molecule has 1 unspecified atom stereocenters. The highest BCUT2D eigenvalue weighted by molar-refractivity contribution is 5.76. The average molecular weight is 296 g/mol. The van der Waals surface area contributed by atoms with Crippen LogP contribution >= 0.6 is 0 Å². The lowest BCUT2D eigenvalue weighted by Gasteiger charge is -2.16. The number of hydrogen-bond acceptors (Lipinski definition) is 6. The molecule has 0 aliphatic rings. The fraction of sp³-hybridized carbons (Fsp3) is 0.400. The van der Waals surface area contributed by atoms with Crippen molar-refractivity contribution in [2.75, 3.05) is 13.2 Å². The number of benzene rings is 1. The van der Waals surface area contributed by atoms with Crippen LogP contribution in [0.4, 0.5) is 0 Å². The molecule has 0 fully saturated rings. The SMILES string of the molecule is [2H]C([2H])(CC(OCc1ccccc1)C(=O)OCC=O)OC(C)=O. The molecule has 0 radical (unpaired) electrons. The predicted molar refractivity (Wildman–Crippen MR) is 73.3 cm³/mol. The molecule has 0 aromatic heterocycles. The molecular formula is C15H18O6. The van der Waals surface area contributed by atoms with Crippen LogP contribution in [0.25, 0.3) is 0 Å². The van der Waals surface area contributed by atoms with Gasteiger partial charge in [-0.05, 0) is 5.56 Å². The third-order valence-corrected chi connectivity index (χ3v) is 2.34. The number of carbonyl (C=O) groups is 3. The predicted octanol–water partition coefficient (Wildman–Crippen LogP) is 1.27. The lowest BCUT2D eigenvalue weighted by atomic mass is 10.2. The Kier molecular flexibility index (Phi) is 6.33. The van der Waals surface area contributed by atoms with Crippen molar-refractivity contribution in [1.29, 1.82) is 0 Å². The summed E-state index contributed by atoms with van der Waals surface area (Å²) in [6.07, 6.45) is -1.46. The molecule has 6 nitrogen and oxygen atoms in total. The average Bonchev–Trinajstić information content (AvgIpc) is 2.48. The van der Waals surface area contributed by atoms with E-state index < -0.39 is 37.6 Å². The van der Waals surface area contributed by atoms with Gasteiger partial charge in [0.25, 0.3) is 0 Å². The summed E-state index contributed by atoms with van der Waals surface area (Å²) in [6.45, 7) is -1.76. The van der Waals surface area contributed by atoms with Gasteiger partial charge in [0.05, 0.1) is 15.9 Å². The van der Waals surface area contributed by atoms with Gasteiger partial charge in [-0.1, -0.05) is 30.3 Å². The lowest BCUT2D eigenvalue weighted by Crippen LogP contribution is -2.29. The molecule has 0 N–H and O–H groups in total. The smallest absolute Gasteiger partial charge is 0.335 e. The molecule has 21 heavy (non-hydrogen) atoms. The molecular weight excluding hydrogens is 276 g/mol. The molecule has 0 aliphatic carbocycles. The number of ether oxygens (including phenoxy) is 3. The summed E-state index contributed by atoms with van der Waals surface area (Å²) in [5.41, 5.74) is 0.772. The third-order valence-electron chi connectivity index (χ3n) is 2.34. The second-order valence-corrected chi connectivity index (χ2v) is 4.02. The fourth-order valence-corrected chi connectivity index (χ4v) is 1.41. The molecule has 1 rings (SSSR count). The minimum absolute atomic E-state index is 0.0395. The normalized spacial score (nSPS) is 13.6. The van der Waals surface area contributed by atoms with Crippen LogP contribution < -0.4 is 0 Å². The number of rotatable bonds is 9. The molecule has 6 heteroatoms. The van der Waals surface area contributed by atoms with Crippen molar-refractivity contribution in [3.05, 3.63) is 35.9 Å². The Hall–Kier alpha value is -2.21.